The predicted octanol–water partition coefficient (Wildman–Crippen LogP) is 4.26. The van der Waals surface area contributed by atoms with Gasteiger partial charge in [-0.1, -0.05) is 12.1 Å². The molecule has 0 aliphatic carbocycles. The Morgan fingerprint density at radius 3 is 2.57 bits per heavy atom. The molecule has 4 aromatic rings. The summed E-state index contributed by atoms with van der Waals surface area (Å²) in [7, 11) is 0. The lowest BCUT2D eigenvalue weighted by atomic mass is 10.0. The highest BCUT2D eigenvalue weighted by Gasteiger charge is 2.16. The monoisotopic (exact) mass is 395 g/mol. The van der Waals surface area contributed by atoms with E-state index in [1.165, 1.54) is 23.5 Å². The summed E-state index contributed by atoms with van der Waals surface area (Å²) in [6.07, 6.45) is 1.67. The standard InChI is InChI=1S/C20H18FN5OS/c1-11-13(3)28-20(23-11)24-17(27)10-26-19-18(12(2)25-26)16(8-9-22-19)14-4-6-15(21)7-5-14/h4-9H,10H2,1-3H3,(H,23,24,27). The zero-order chi connectivity index (χ0) is 19.8. The minimum Gasteiger partial charge on any atom is -0.300 e. The van der Waals surface area contributed by atoms with Crippen molar-refractivity contribution < 1.29 is 9.18 Å². The molecule has 0 radical (unpaired) electrons. The predicted molar refractivity (Wildman–Crippen MR) is 108 cm³/mol. The van der Waals surface area contributed by atoms with Crippen LogP contribution in [0.3, 0.4) is 0 Å². The topological polar surface area (TPSA) is 72.7 Å². The number of fused-ring (bicyclic) bond motifs is 1. The number of carbonyl (C=O) groups excluding carboxylic acids is 1. The summed E-state index contributed by atoms with van der Waals surface area (Å²) in [5.74, 6) is -0.502. The lowest BCUT2D eigenvalue weighted by molar-refractivity contribution is -0.116. The molecule has 3 aromatic heterocycles. The van der Waals surface area contributed by atoms with Crippen molar-refractivity contribution in [2.45, 2.75) is 27.3 Å². The number of hydrogen-bond donors (Lipinski definition) is 1. The number of amides is 1. The van der Waals surface area contributed by atoms with Gasteiger partial charge in [0.05, 0.1) is 11.4 Å². The van der Waals surface area contributed by atoms with Crippen molar-refractivity contribution >= 4 is 33.4 Å². The summed E-state index contributed by atoms with van der Waals surface area (Å²) in [6, 6.07) is 8.16. The number of hydrogen-bond acceptors (Lipinski definition) is 5. The molecule has 0 aliphatic heterocycles. The first kappa shape index (κ1) is 18.2. The number of carbonyl (C=O) groups is 1. The molecule has 1 aromatic carbocycles. The SMILES string of the molecule is Cc1nc(NC(=O)Cn2nc(C)c3c(-c4ccc(F)cc4)ccnc32)sc1C. The van der Waals surface area contributed by atoms with Crippen LogP contribution in [-0.4, -0.2) is 25.7 Å². The van der Waals surface area contributed by atoms with Crippen LogP contribution in [0.25, 0.3) is 22.2 Å². The maximum Gasteiger partial charge on any atom is 0.247 e. The molecule has 0 aliphatic rings. The molecular formula is C20H18FN5OS. The van der Waals surface area contributed by atoms with Gasteiger partial charge in [0, 0.05) is 16.5 Å². The highest BCUT2D eigenvalue weighted by molar-refractivity contribution is 7.15. The molecule has 0 atom stereocenters. The summed E-state index contributed by atoms with van der Waals surface area (Å²) in [4.78, 5) is 22.3. The molecular weight excluding hydrogens is 377 g/mol. The number of halogens is 1. The van der Waals surface area contributed by atoms with Gasteiger partial charge in [-0.15, -0.1) is 11.3 Å². The van der Waals surface area contributed by atoms with E-state index in [1.54, 1.807) is 23.0 Å². The molecule has 1 amide bonds. The van der Waals surface area contributed by atoms with Gasteiger partial charge in [-0.25, -0.2) is 19.0 Å². The highest BCUT2D eigenvalue weighted by Crippen LogP contribution is 2.30. The van der Waals surface area contributed by atoms with E-state index in [2.05, 4.69) is 20.4 Å². The largest absolute Gasteiger partial charge is 0.300 e. The molecule has 0 spiro atoms. The molecule has 142 valence electrons. The quantitative estimate of drug-likeness (QED) is 0.560. The number of anilines is 1. The lowest BCUT2D eigenvalue weighted by Gasteiger charge is -2.05. The third-order valence-electron chi connectivity index (χ3n) is 4.53. The molecule has 1 N–H and O–H groups in total. The van der Waals surface area contributed by atoms with Crippen LogP contribution in [0.15, 0.2) is 36.5 Å². The van der Waals surface area contributed by atoms with Crippen LogP contribution in [0.4, 0.5) is 9.52 Å². The number of nitrogens with one attached hydrogen (secondary N) is 1. The Bertz CT molecular complexity index is 1160. The van der Waals surface area contributed by atoms with Crippen molar-refractivity contribution in [1.29, 1.82) is 0 Å². The summed E-state index contributed by atoms with van der Waals surface area (Å²) >= 11 is 1.44. The third-order valence-corrected chi connectivity index (χ3v) is 5.52. The maximum absolute atomic E-state index is 13.3. The Morgan fingerprint density at radius 2 is 1.89 bits per heavy atom. The van der Waals surface area contributed by atoms with Gasteiger partial charge in [0.25, 0.3) is 0 Å². The number of aromatic nitrogens is 4. The van der Waals surface area contributed by atoms with Crippen molar-refractivity contribution in [1.82, 2.24) is 19.7 Å². The second-order valence-electron chi connectivity index (χ2n) is 6.52. The highest BCUT2D eigenvalue weighted by atomic mass is 32.1. The first-order valence-electron chi connectivity index (χ1n) is 8.74. The number of benzene rings is 1. The maximum atomic E-state index is 13.3. The summed E-state index contributed by atoms with van der Waals surface area (Å²) < 4.78 is 14.9. The Kier molecular flexibility index (Phi) is 4.64. The van der Waals surface area contributed by atoms with E-state index in [0.29, 0.717) is 10.8 Å². The fraction of sp³-hybridized carbons (Fsp3) is 0.200. The van der Waals surface area contributed by atoms with E-state index in [9.17, 15) is 9.18 Å². The van der Waals surface area contributed by atoms with Crippen molar-refractivity contribution in [3.8, 4) is 11.1 Å². The molecule has 0 saturated carbocycles. The molecule has 28 heavy (non-hydrogen) atoms. The summed E-state index contributed by atoms with van der Waals surface area (Å²) in [6.45, 7) is 5.78. The van der Waals surface area contributed by atoms with Gasteiger partial charge in [-0.05, 0) is 50.1 Å². The Labute approximate surface area is 165 Å². The summed E-state index contributed by atoms with van der Waals surface area (Å²) in [5.41, 5.74) is 4.05. The van der Waals surface area contributed by atoms with Crippen LogP contribution in [0, 0.1) is 26.6 Å². The Hall–Kier alpha value is -3.13. The minimum atomic E-state index is -0.286. The van der Waals surface area contributed by atoms with Gasteiger partial charge in [-0.2, -0.15) is 5.10 Å². The number of rotatable bonds is 4. The molecule has 0 saturated heterocycles. The van der Waals surface area contributed by atoms with Gasteiger partial charge < -0.3 is 5.32 Å². The van der Waals surface area contributed by atoms with E-state index in [-0.39, 0.29) is 18.3 Å². The third kappa shape index (κ3) is 3.38. The average Bonchev–Trinajstić information content (AvgIpc) is 3.14. The second-order valence-corrected chi connectivity index (χ2v) is 7.72. The van der Waals surface area contributed by atoms with Crippen LogP contribution in [0.1, 0.15) is 16.3 Å². The van der Waals surface area contributed by atoms with Crippen molar-refractivity contribution in [2.75, 3.05) is 5.32 Å². The normalized spacial score (nSPS) is 11.1. The van der Waals surface area contributed by atoms with E-state index >= 15 is 0 Å². The van der Waals surface area contributed by atoms with Crippen LogP contribution in [0.5, 0.6) is 0 Å². The fourth-order valence-corrected chi connectivity index (χ4v) is 3.91. The van der Waals surface area contributed by atoms with E-state index in [0.717, 1.165) is 32.8 Å². The number of nitrogens with zero attached hydrogens (tertiary/aromatic N) is 4. The van der Waals surface area contributed by atoms with Crippen molar-refractivity contribution in [3.63, 3.8) is 0 Å². The van der Waals surface area contributed by atoms with Crippen molar-refractivity contribution in [2.24, 2.45) is 0 Å². The van der Waals surface area contributed by atoms with Gasteiger partial charge >= 0.3 is 0 Å². The minimum absolute atomic E-state index is 0.0296. The van der Waals surface area contributed by atoms with E-state index in [4.69, 9.17) is 0 Å². The lowest BCUT2D eigenvalue weighted by Crippen LogP contribution is -2.19. The van der Waals surface area contributed by atoms with Crippen molar-refractivity contribution in [3.05, 3.63) is 58.6 Å². The van der Waals surface area contributed by atoms with E-state index < -0.39 is 0 Å². The second kappa shape index (κ2) is 7.12. The van der Waals surface area contributed by atoms with Gasteiger partial charge in [0.1, 0.15) is 12.4 Å². The van der Waals surface area contributed by atoms with E-state index in [1.807, 2.05) is 26.8 Å². The first-order valence-corrected chi connectivity index (χ1v) is 9.56. The zero-order valence-electron chi connectivity index (χ0n) is 15.7. The molecule has 4 rings (SSSR count). The molecule has 0 fully saturated rings. The number of thiazole rings is 1. The average molecular weight is 395 g/mol. The first-order chi connectivity index (χ1) is 13.4. The van der Waals surface area contributed by atoms with Crippen LogP contribution >= 0.6 is 11.3 Å². The molecule has 0 unspecified atom stereocenters. The van der Waals surface area contributed by atoms with Gasteiger partial charge in [0.15, 0.2) is 10.8 Å². The molecule has 3 heterocycles. The Balaban J connectivity index is 1.66. The van der Waals surface area contributed by atoms with Gasteiger partial charge in [-0.3, -0.25) is 4.79 Å². The van der Waals surface area contributed by atoms with Gasteiger partial charge in [0.2, 0.25) is 5.91 Å². The number of aryl methyl sites for hydroxylation is 3. The zero-order valence-corrected chi connectivity index (χ0v) is 16.5. The van der Waals surface area contributed by atoms with Crippen LogP contribution in [-0.2, 0) is 11.3 Å². The molecule has 6 nitrogen and oxygen atoms in total. The van der Waals surface area contributed by atoms with Crippen LogP contribution in [0.2, 0.25) is 0 Å². The smallest absolute Gasteiger partial charge is 0.247 e. The fourth-order valence-electron chi connectivity index (χ4n) is 3.08. The molecule has 8 heteroatoms. The summed E-state index contributed by atoms with van der Waals surface area (Å²) in [5, 5.41) is 8.74. The molecule has 0 bridgehead atoms. The number of pyridine rings is 1. The Morgan fingerprint density at radius 1 is 1.14 bits per heavy atom. The van der Waals surface area contributed by atoms with Crippen LogP contribution < -0.4 is 5.32 Å².